The maximum atomic E-state index is 13.6. The molecule has 0 amide bonds. The maximum absolute atomic E-state index is 13.6. The van der Waals surface area contributed by atoms with Crippen LogP contribution in [0.1, 0.15) is 30.7 Å². The molecule has 1 N–H and O–H groups in total. The van der Waals surface area contributed by atoms with Crippen molar-refractivity contribution in [3.8, 4) is 0 Å². The highest BCUT2D eigenvalue weighted by Crippen LogP contribution is 2.24. The molecule has 2 rings (SSSR count). The Morgan fingerprint density at radius 2 is 2.11 bits per heavy atom. The molecule has 18 heavy (non-hydrogen) atoms. The molecule has 0 aliphatic carbocycles. The minimum atomic E-state index is -1.21. The third kappa shape index (κ3) is 2.41. The van der Waals surface area contributed by atoms with Gasteiger partial charge < -0.3 is 5.11 Å². The minimum absolute atomic E-state index is 0.0761. The van der Waals surface area contributed by atoms with Crippen molar-refractivity contribution in [1.82, 2.24) is 9.78 Å². The Morgan fingerprint density at radius 3 is 2.83 bits per heavy atom. The van der Waals surface area contributed by atoms with Crippen LogP contribution >= 0.6 is 0 Å². The summed E-state index contributed by atoms with van der Waals surface area (Å²) in [5.74, 6) is -1.21. The number of nitrogens with zero attached hydrogens (tertiary/aromatic N) is 2. The largest absolute Gasteiger partial charge is 0.382 e. The Bertz CT molecular complexity index is 540. The Kier molecular flexibility index (Phi) is 3.72. The zero-order valence-electron chi connectivity index (χ0n) is 9.98. The summed E-state index contributed by atoms with van der Waals surface area (Å²) in [6.45, 7) is 2.59. The lowest BCUT2D eigenvalue weighted by atomic mass is 10.1. The summed E-state index contributed by atoms with van der Waals surface area (Å²) in [6.07, 6.45) is 1.16. The van der Waals surface area contributed by atoms with Gasteiger partial charge in [0.05, 0.1) is 5.69 Å². The fourth-order valence-corrected chi connectivity index (χ4v) is 1.86. The standard InChI is InChI=1S/C13H14F2N2O/c1-2-7-17-12(5-6-16-17)13(18)10-8-9(14)3-4-11(10)15/h3-6,8,13,18H,2,7H2,1H3. The minimum Gasteiger partial charge on any atom is -0.382 e. The molecule has 0 aliphatic heterocycles. The van der Waals surface area contributed by atoms with Crippen molar-refractivity contribution in [3.05, 3.63) is 53.4 Å². The van der Waals surface area contributed by atoms with E-state index in [1.807, 2.05) is 6.92 Å². The second-order valence-electron chi connectivity index (χ2n) is 4.05. The molecule has 0 fully saturated rings. The zero-order valence-corrected chi connectivity index (χ0v) is 9.98. The van der Waals surface area contributed by atoms with Crippen LogP contribution in [0, 0.1) is 11.6 Å². The maximum Gasteiger partial charge on any atom is 0.129 e. The fraction of sp³-hybridized carbons (Fsp3) is 0.308. The quantitative estimate of drug-likeness (QED) is 0.908. The van der Waals surface area contributed by atoms with Crippen molar-refractivity contribution < 1.29 is 13.9 Å². The molecule has 0 saturated carbocycles. The highest BCUT2D eigenvalue weighted by Gasteiger charge is 2.19. The number of aliphatic hydroxyl groups is 1. The van der Waals surface area contributed by atoms with Gasteiger partial charge in [-0.15, -0.1) is 0 Å². The number of halogens is 2. The molecular formula is C13H14F2N2O. The van der Waals surface area contributed by atoms with Crippen molar-refractivity contribution in [1.29, 1.82) is 0 Å². The van der Waals surface area contributed by atoms with E-state index in [9.17, 15) is 13.9 Å². The molecule has 5 heteroatoms. The van der Waals surface area contributed by atoms with Crippen LogP contribution in [0.3, 0.4) is 0 Å². The van der Waals surface area contributed by atoms with Gasteiger partial charge in [-0.1, -0.05) is 6.92 Å². The monoisotopic (exact) mass is 252 g/mol. The van der Waals surface area contributed by atoms with Crippen LogP contribution in [-0.4, -0.2) is 14.9 Å². The van der Waals surface area contributed by atoms with Crippen LogP contribution in [0.25, 0.3) is 0 Å². The van der Waals surface area contributed by atoms with Crippen molar-refractivity contribution in [2.75, 3.05) is 0 Å². The number of rotatable bonds is 4. The first-order valence-corrected chi connectivity index (χ1v) is 5.78. The van der Waals surface area contributed by atoms with Crippen LogP contribution in [-0.2, 0) is 6.54 Å². The van der Waals surface area contributed by atoms with Crippen molar-refractivity contribution in [2.45, 2.75) is 26.0 Å². The molecule has 1 atom stereocenters. The SMILES string of the molecule is CCCn1nccc1C(O)c1cc(F)ccc1F. The lowest BCUT2D eigenvalue weighted by molar-refractivity contribution is 0.201. The average molecular weight is 252 g/mol. The summed E-state index contributed by atoms with van der Waals surface area (Å²) in [6, 6.07) is 4.64. The Hall–Kier alpha value is -1.75. The molecular weight excluding hydrogens is 238 g/mol. The lowest BCUT2D eigenvalue weighted by Crippen LogP contribution is -2.11. The number of aromatic nitrogens is 2. The van der Waals surface area contributed by atoms with E-state index in [-0.39, 0.29) is 5.56 Å². The van der Waals surface area contributed by atoms with Gasteiger partial charge in [-0.05, 0) is 30.7 Å². The first-order chi connectivity index (χ1) is 8.63. The number of aliphatic hydroxyl groups excluding tert-OH is 1. The first kappa shape index (κ1) is 12.7. The highest BCUT2D eigenvalue weighted by molar-refractivity contribution is 5.27. The Morgan fingerprint density at radius 1 is 1.33 bits per heavy atom. The van der Waals surface area contributed by atoms with E-state index in [1.165, 1.54) is 6.20 Å². The third-order valence-electron chi connectivity index (χ3n) is 2.72. The van der Waals surface area contributed by atoms with E-state index in [4.69, 9.17) is 0 Å². The molecule has 96 valence electrons. The van der Waals surface area contributed by atoms with Crippen LogP contribution < -0.4 is 0 Å². The van der Waals surface area contributed by atoms with E-state index in [0.717, 1.165) is 24.6 Å². The zero-order chi connectivity index (χ0) is 13.1. The summed E-state index contributed by atoms with van der Waals surface area (Å²) >= 11 is 0. The Balaban J connectivity index is 2.38. The van der Waals surface area contributed by atoms with Crippen LogP contribution in [0.5, 0.6) is 0 Å². The van der Waals surface area contributed by atoms with Gasteiger partial charge >= 0.3 is 0 Å². The normalized spacial score (nSPS) is 12.7. The molecule has 1 aromatic carbocycles. The summed E-state index contributed by atoms with van der Waals surface area (Å²) in [5, 5.41) is 14.2. The molecule has 0 radical (unpaired) electrons. The molecule has 3 nitrogen and oxygen atoms in total. The van der Waals surface area contributed by atoms with Gasteiger partial charge in [0, 0.05) is 18.3 Å². The van der Waals surface area contributed by atoms with Gasteiger partial charge in [0.2, 0.25) is 0 Å². The van der Waals surface area contributed by atoms with Crippen LogP contribution in [0.4, 0.5) is 8.78 Å². The molecule has 1 heterocycles. The number of hydrogen-bond acceptors (Lipinski definition) is 2. The third-order valence-corrected chi connectivity index (χ3v) is 2.72. The second kappa shape index (κ2) is 5.27. The molecule has 0 spiro atoms. The van der Waals surface area contributed by atoms with Gasteiger partial charge in [0.25, 0.3) is 0 Å². The summed E-state index contributed by atoms with van der Waals surface area (Å²) in [7, 11) is 0. The smallest absolute Gasteiger partial charge is 0.129 e. The average Bonchev–Trinajstić information content (AvgIpc) is 2.80. The highest BCUT2D eigenvalue weighted by atomic mass is 19.1. The second-order valence-corrected chi connectivity index (χ2v) is 4.05. The van der Waals surface area contributed by atoms with Crippen molar-refractivity contribution in [3.63, 3.8) is 0 Å². The molecule has 1 unspecified atom stereocenters. The molecule has 0 aliphatic rings. The van der Waals surface area contributed by atoms with E-state index in [2.05, 4.69) is 5.10 Å². The first-order valence-electron chi connectivity index (χ1n) is 5.78. The van der Waals surface area contributed by atoms with E-state index >= 15 is 0 Å². The topological polar surface area (TPSA) is 38.0 Å². The van der Waals surface area contributed by atoms with Gasteiger partial charge in [0.1, 0.15) is 17.7 Å². The predicted molar refractivity (Wildman–Crippen MR) is 62.9 cm³/mol. The molecule has 1 aromatic heterocycles. The molecule has 2 aromatic rings. The number of hydrogen-bond donors (Lipinski definition) is 1. The van der Waals surface area contributed by atoms with Crippen molar-refractivity contribution >= 4 is 0 Å². The summed E-state index contributed by atoms with van der Waals surface area (Å²) in [5.41, 5.74) is 0.384. The van der Waals surface area contributed by atoms with Gasteiger partial charge in [-0.25, -0.2) is 8.78 Å². The van der Waals surface area contributed by atoms with Gasteiger partial charge in [-0.2, -0.15) is 5.10 Å². The predicted octanol–water partition coefficient (Wildman–Crippen LogP) is 2.65. The summed E-state index contributed by atoms with van der Waals surface area (Å²) < 4.78 is 28.3. The number of benzene rings is 1. The van der Waals surface area contributed by atoms with E-state index in [0.29, 0.717) is 12.2 Å². The van der Waals surface area contributed by atoms with Crippen molar-refractivity contribution in [2.24, 2.45) is 0 Å². The van der Waals surface area contributed by atoms with E-state index in [1.54, 1.807) is 10.7 Å². The van der Waals surface area contributed by atoms with E-state index < -0.39 is 17.7 Å². The van der Waals surface area contributed by atoms with Gasteiger partial charge in [0.15, 0.2) is 0 Å². The van der Waals surface area contributed by atoms with Crippen LogP contribution in [0.2, 0.25) is 0 Å². The molecule has 0 bridgehead atoms. The lowest BCUT2D eigenvalue weighted by Gasteiger charge is -2.14. The van der Waals surface area contributed by atoms with Gasteiger partial charge in [-0.3, -0.25) is 4.68 Å². The Labute approximate surface area is 104 Å². The van der Waals surface area contributed by atoms with Crippen LogP contribution in [0.15, 0.2) is 30.5 Å². The summed E-state index contributed by atoms with van der Waals surface area (Å²) in [4.78, 5) is 0. The molecule has 0 saturated heterocycles. The number of aryl methyl sites for hydroxylation is 1. The fourth-order valence-electron chi connectivity index (χ4n) is 1.86.